The van der Waals surface area contributed by atoms with Crippen LogP contribution in [0.1, 0.15) is 31.2 Å². The smallest absolute Gasteiger partial charge is 0.226 e. The Morgan fingerprint density at radius 1 is 1.30 bits per heavy atom. The van der Waals surface area contributed by atoms with Crippen molar-refractivity contribution < 1.29 is 4.42 Å². The molecule has 0 bridgehead atoms. The van der Waals surface area contributed by atoms with Crippen LogP contribution in [0.25, 0.3) is 11.5 Å². The lowest BCUT2D eigenvalue weighted by Crippen LogP contribution is -2.29. The zero-order valence-electron chi connectivity index (χ0n) is 12.3. The van der Waals surface area contributed by atoms with Crippen LogP contribution in [0.15, 0.2) is 34.7 Å². The molecule has 0 spiro atoms. The molecule has 1 saturated heterocycles. The third-order valence-corrected chi connectivity index (χ3v) is 4.24. The largest absolute Gasteiger partial charge is 0.441 e. The van der Waals surface area contributed by atoms with Crippen LogP contribution in [0.5, 0.6) is 0 Å². The quantitative estimate of drug-likeness (QED) is 0.848. The molecule has 20 heavy (non-hydrogen) atoms. The van der Waals surface area contributed by atoms with Crippen LogP contribution < -0.4 is 0 Å². The van der Waals surface area contributed by atoms with E-state index in [9.17, 15) is 0 Å². The number of benzene rings is 1. The number of nitrogens with zero attached hydrogens (tertiary/aromatic N) is 2. The van der Waals surface area contributed by atoms with E-state index in [1.165, 1.54) is 19.4 Å². The van der Waals surface area contributed by atoms with Crippen molar-refractivity contribution in [2.75, 3.05) is 13.1 Å². The zero-order valence-corrected chi connectivity index (χ0v) is 12.3. The van der Waals surface area contributed by atoms with Crippen molar-refractivity contribution in [2.45, 2.75) is 39.2 Å². The minimum atomic E-state index is 0.718. The molecular weight excluding hydrogens is 248 g/mol. The molecule has 3 rings (SSSR count). The van der Waals surface area contributed by atoms with Gasteiger partial charge in [0.1, 0.15) is 5.76 Å². The van der Waals surface area contributed by atoms with Crippen molar-refractivity contribution in [3.8, 4) is 11.5 Å². The lowest BCUT2D eigenvalue weighted by Gasteiger charge is -2.20. The molecule has 3 heteroatoms. The van der Waals surface area contributed by atoms with Gasteiger partial charge in [0.2, 0.25) is 5.89 Å². The van der Waals surface area contributed by atoms with Crippen LogP contribution in [0.3, 0.4) is 0 Å². The van der Waals surface area contributed by atoms with E-state index in [4.69, 9.17) is 4.42 Å². The first-order chi connectivity index (χ1) is 9.74. The fraction of sp³-hybridized carbons (Fsp3) is 0.471. The Morgan fingerprint density at radius 2 is 2.10 bits per heavy atom. The first-order valence-corrected chi connectivity index (χ1v) is 7.50. The molecule has 0 N–H and O–H groups in total. The van der Waals surface area contributed by atoms with Gasteiger partial charge < -0.3 is 9.32 Å². The molecule has 1 aromatic heterocycles. The van der Waals surface area contributed by atoms with E-state index in [0.29, 0.717) is 0 Å². The van der Waals surface area contributed by atoms with E-state index in [1.807, 2.05) is 37.3 Å². The van der Waals surface area contributed by atoms with Crippen molar-refractivity contribution >= 4 is 0 Å². The van der Waals surface area contributed by atoms with Crippen LogP contribution >= 0.6 is 0 Å². The Labute approximate surface area is 120 Å². The summed E-state index contributed by atoms with van der Waals surface area (Å²) in [5.74, 6) is 1.70. The van der Waals surface area contributed by atoms with Gasteiger partial charge in [0, 0.05) is 24.6 Å². The summed E-state index contributed by atoms with van der Waals surface area (Å²) in [7, 11) is 0. The molecule has 106 valence electrons. The van der Waals surface area contributed by atoms with E-state index < -0.39 is 0 Å². The molecule has 0 radical (unpaired) electrons. The summed E-state index contributed by atoms with van der Waals surface area (Å²) in [6, 6.07) is 10.8. The Hall–Kier alpha value is -1.61. The summed E-state index contributed by atoms with van der Waals surface area (Å²) >= 11 is 0. The Bertz CT molecular complexity index is 562. The number of aryl methyl sites for hydroxylation is 1. The number of aromatic nitrogens is 1. The predicted octanol–water partition coefficient (Wildman–Crippen LogP) is 3.68. The molecule has 1 fully saturated rings. The summed E-state index contributed by atoms with van der Waals surface area (Å²) in [5, 5.41) is 0. The van der Waals surface area contributed by atoms with Crippen molar-refractivity contribution in [3.63, 3.8) is 0 Å². The highest BCUT2D eigenvalue weighted by Crippen LogP contribution is 2.23. The lowest BCUT2D eigenvalue weighted by molar-refractivity contribution is 0.271. The summed E-state index contributed by atoms with van der Waals surface area (Å²) < 4.78 is 5.81. The second kappa shape index (κ2) is 5.80. The Kier molecular flexibility index (Phi) is 3.88. The van der Waals surface area contributed by atoms with Gasteiger partial charge in [0.25, 0.3) is 0 Å². The van der Waals surface area contributed by atoms with Crippen LogP contribution in [-0.4, -0.2) is 29.0 Å². The first kappa shape index (κ1) is 13.4. The average molecular weight is 270 g/mol. The summed E-state index contributed by atoms with van der Waals surface area (Å²) in [4.78, 5) is 7.22. The molecule has 1 aliphatic heterocycles. The van der Waals surface area contributed by atoms with Gasteiger partial charge in [-0.05, 0) is 45.4 Å². The second-order valence-corrected chi connectivity index (χ2v) is 5.67. The van der Waals surface area contributed by atoms with E-state index >= 15 is 0 Å². The van der Waals surface area contributed by atoms with Gasteiger partial charge in [0.05, 0.1) is 5.69 Å². The summed E-state index contributed by atoms with van der Waals surface area (Å²) in [5.41, 5.74) is 2.15. The molecule has 0 unspecified atom stereocenters. The number of rotatable bonds is 4. The maximum absolute atomic E-state index is 5.81. The van der Waals surface area contributed by atoms with Crippen LogP contribution in [-0.2, 0) is 6.42 Å². The van der Waals surface area contributed by atoms with Crippen molar-refractivity contribution in [1.29, 1.82) is 0 Å². The normalized spacial score (nSPS) is 19.6. The highest BCUT2D eigenvalue weighted by atomic mass is 16.4. The monoisotopic (exact) mass is 270 g/mol. The molecule has 1 aromatic carbocycles. The van der Waals surface area contributed by atoms with E-state index in [2.05, 4.69) is 16.8 Å². The highest BCUT2D eigenvalue weighted by Gasteiger charge is 2.20. The van der Waals surface area contributed by atoms with Gasteiger partial charge in [-0.3, -0.25) is 0 Å². The molecule has 2 heterocycles. The Morgan fingerprint density at radius 3 is 2.80 bits per heavy atom. The summed E-state index contributed by atoms with van der Waals surface area (Å²) in [6.45, 7) is 6.65. The van der Waals surface area contributed by atoms with E-state index in [1.54, 1.807) is 0 Å². The predicted molar refractivity (Wildman–Crippen MR) is 80.6 cm³/mol. The fourth-order valence-electron chi connectivity index (χ4n) is 2.94. The van der Waals surface area contributed by atoms with Gasteiger partial charge in [-0.25, -0.2) is 4.98 Å². The topological polar surface area (TPSA) is 29.3 Å². The molecule has 2 aromatic rings. The van der Waals surface area contributed by atoms with Gasteiger partial charge in [-0.15, -0.1) is 0 Å². The molecule has 0 amide bonds. The number of hydrogen-bond acceptors (Lipinski definition) is 3. The minimum absolute atomic E-state index is 0.718. The molecule has 0 aliphatic carbocycles. The molecule has 1 atom stereocenters. The highest BCUT2D eigenvalue weighted by molar-refractivity contribution is 5.53. The van der Waals surface area contributed by atoms with Crippen LogP contribution in [0, 0.1) is 6.92 Å². The fourth-order valence-corrected chi connectivity index (χ4v) is 2.94. The van der Waals surface area contributed by atoms with Crippen molar-refractivity contribution in [2.24, 2.45) is 0 Å². The SMILES string of the molecule is Cc1oc(-c2ccccc2)nc1CCN1CCC[C@@H]1C. The van der Waals surface area contributed by atoms with E-state index in [0.717, 1.165) is 41.9 Å². The number of likely N-dealkylation sites (tertiary alicyclic amines) is 1. The third-order valence-electron chi connectivity index (χ3n) is 4.24. The second-order valence-electron chi connectivity index (χ2n) is 5.67. The van der Waals surface area contributed by atoms with E-state index in [-0.39, 0.29) is 0 Å². The first-order valence-electron chi connectivity index (χ1n) is 7.50. The van der Waals surface area contributed by atoms with Gasteiger partial charge >= 0.3 is 0 Å². The van der Waals surface area contributed by atoms with Crippen LogP contribution in [0.4, 0.5) is 0 Å². The molecule has 0 saturated carbocycles. The standard InChI is InChI=1S/C17H22N2O/c1-13-7-6-11-19(13)12-10-16-14(2)20-17(18-16)15-8-4-3-5-9-15/h3-5,8-9,13H,6-7,10-12H2,1-2H3/t13-/m0/s1. The zero-order chi connectivity index (χ0) is 13.9. The summed E-state index contributed by atoms with van der Waals surface area (Å²) in [6.07, 6.45) is 3.63. The number of oxazole rings is 1. The van der Waals surface area contributed by atoms with Crippen molar-refractivity contribution in [1.82, 2.24) is 9.88 Å². The third kappa shape index (κ3) is 2.78. The number of hydrogen-bond donors (Lipinski definition) is 0. The van der Waals surface area contributed by atoms with Gasteiger partial charge in [0.15, 0.2) is 0 Å². The lowest BCUT2D eigenvalue weighted by atomic mass is 10.2. The Balaban J connectivity index is 1.70. The van der Waals surface area contributed by atoms with Crippen LogP contribution in [0.2, 0.25) is 0 Å². The average Bonchev–Trinajstić information content (AvgIpc) is 3.04. The van der Waals surface area contributed by atoms with Gasteiger partial charge in [-0.1, -0.05) is 18.2 Å². The van der Waals surface area contributed by atoms with Gasteiger partial charge in [-0.2, -0.15) is 0 Å². The molecular formula is C17H22N2O. The minimum Gasteiger partial charge on any atom is -0.441 e. The molecule has 3 nitrogen and oxygen atoms in total. The maximum Gasteiger partial charge on any atom is 0.226 e. The van der Waals surface area contributed by atoms with Crippen molar-refractivity contribution in [3.05, 3.63) is 41.8 Å². The molecule has 1 aliphatic rings. The maximum atomic E-state index is 5.81.